The normalized spacial score (nSPS) is 23.3. The summed E-state index contributed by atoms with van der Waals surface area (Å²) < 4.78 is 37.6. The molecule has 2 amide bonds. The number of fused-ring (bicyclic) bond motifs is 3. The number of aliphatic hydroxyl groups excluding tert-OH is 2. The molecule has 3 N–H and O–H groups in total. The second-order valence-electron chi connectivity index (χ2n) is 16.2. The van der Waals surface area contributed by atoms with E-state index in [-0.39, 0.29) is 63.9 Å². The number of nitrogens with zero attached hydrogens (tertiary/aromatic N) is 2. The topological polar surface area (TPSA) is 167 Å². The van der Waals surface area contributed by atoms with Crippen LogP contribution in [0.25, 0.3) is 0 Å². The summed E-state index contributed by atoms with van der Waals surface area (Å²) >= 11 is 0. The zero-order chi connectivity index (χ0) is 44.2. The molecule has 2 aliphatic heterocycles. The molecule has 0 aromatic heterocycles. The van der Waals surface area contributed by atoms with Crippen LogP contribution in [-0.2, 0) is 27.4 Å². The molecule has 1 saturated carbocycles. The largest absolute Gasteiger partial charge is 0.459 e. The van der Waals surface area contributed by atoms with Gasteiger partial charge in [0.25, 0.3) is 0 Å². The fraction of sp³-hybridized carbons (Fsp3) is 0.449. The molecule has 336 valence electrons. The highest BCUT2D eigenvalue weighted by molar-refractivity contribution is 6.03. The Hall–Kier alpha value is -5.83. The monoisotopic (exact) mass is 865 g/mol. The number of hydrogen-bond donors (Lipinski definition) is 3. The number of carbonyl (C=O) groups excluding carboxylic acids is 2. The predicted molar refractivity (Wildman–Crippen MR) is 236 cm³/mol. The highest BCUT2D eigenvalue weighted by Crippen LogP contribution is 2.62. The standard InChI is InChI=1S/C49H59N3O11/c1-4-6-25-58-48(56)52(31-34-18-20-42-43(26-34)60-32-59-42)44-29-40(51-57-3)38-27-35(16-10-12-22-53)37(17-11-13-23-54)45-39-28-36(62-47(55)50-30-33-14-8-7-9-15-33)19-21-41(39)63-49(44,46(38)45)61-24-5-2/h4-5,7-9,14-15,18-21,26-28,35,37,44-46,53-54H,1-2,6,10-13,16-17,22-25,29-32H2,3H3,(H,50,55)/t35-,37+,44-,45+,46+,49+/m0/s1. The van der Waals surface area contributed by atoms with Crippen molar-refractivity contribution in [2.75, 3.05) is 40.3 Å². The van der Waals surface area contributed by atoms with Crippen molar-refractivity contribution < 1.29 is 53.1 Å². The number of rotatable bonds is 21. The smallest absolute Gasteiger partial charge is 0.412 e. The van der Waals surface area contributed by atoms with Crippen molar-refractivity contribution in [2.24, 2.45) is 22.9 Å². The number of benzene rings is 3. The summed E-state index contributed by atoms with van der Waals surface area (Å²) in [4.78, 5) is 35.1. The Kier molecular flexibility index (Phi) is 15.4. The average molecular weight is 866 g/mol. The van der Waals surface area contributed by atoms with Crippen molar-refractivity contribution in [1.82, 2.24) is 10.2 Å². The van der Waals surface area contributed by atoms with Gasteiger partial charge in [-0.05, 0) is 91.0 Å². The first-order valence-electron chi connectivity index (χ1n) is 21.9. The molecule has 3 aromatic carbocycles. The number of oxime groups is 1. The van der Waals surface area contributed by atoms with E-state index in [2.05, 4.69) is 29.7 Å². The van der Waals surface area contributed by atoms with Gasteiger partial charge in [0, 0.05) is 44.2 Å². The lowest BCUT2D eigenvalue weighted by Gasteiger charge is -2.59. The SMILES string of the molecule is C=CCCOC(=O)N(Cc1ccc2c(c1)OCO2)[C@H]1CC(=NOC)C2=C[C@H](CCCCO)[C@@H](CCCCO)[C@@H]3c4cc(OC(=O)NCc5ccccc5)ccc4O[C@@]1(OCC=C)[C@H]23. The number of amides is 2. The van der Waals surface area contributed by atoms with Crippen LogP contribution in [0.3, 0.4) is 0 Å². The third kappa shape index (κ3) is 10.2. The van der Waals surface area contributed by atoms with Crippen molar-refractivity contribution in [3.8, 4) is 23.0 Å². The van der Waals surface area contributed by atoms with Gasteiger partial charge in [-0.1, -0.05) is 72.6 Å². The third-order valence-corrected chi connectivity index (χ3v) is 12.3. The third-order valence-electron chi connectivity index (χ3n) is 12.3. The van der Waals surface area contributed by atoms with Crippen molar-refractivity contribution in [1.29, 1.82) is 0 Å². The molecule has 7 rings (SSSR count). The van der Waals surface area contributed by atoms with Crippen molar-refractivity contribution in [3.05, 3.63) is 120 Å². The lowest BCUT2D eigenvalue weighted by atomic mass is 9.55. The molecule has 0 unspecified atom stereocenters. The molecule has 0 bridgehead atoms. The van der Waals surface area contributed by atoms with E-state index >= 15 is 0 Å². The van der Waals surface area contributed by atoms with Crippen molar-refractivity contribution in [2.45, 2.75) is 82.2 Å². The summed E-state index contributed by atoms with van der Waals surface area (Å²) in [6.07, 6.45) is 9.35. The summed E-state index contributed by atoms with van der Waals surface area (Å²) in [6, 6.07) is 19.7. The quantitative estimate of drug-likeness (QED) is 0.0537. The fourth-order valence-electron chi connectivity index (χ4n) is 9.59. The molecule has 0 spiro atoms. The second-order valence-corrected chi connectivity index (χ2v) is 16.2. The van der Waals surface area contributed by atoms with Crippen molar-refractivity contribution >= 4 is 17.9 Å². The van der Waals surface area contributed by atoms with Gasteiger partial charge in [0.05, 0.1) is 24.8 Å². The van der Waals surface area contributed by atoms with Crippen LogP contribution in [0, 0.1) is 17.8 Å². The highest BCUT2D eigenvalue weighted by Gasteiger charge is 2.65. The molecule has 3 aromatic rings. The van der Waals surface area contributed by atoms with E-state index in [9.17, 15) is 19.8 Å². The molecular formula is C49H59N3O11. The minimum absolute atomic E-state index is 0.0144. The zero-order valence-electron chi connectivity index (χ0n) is 36.0. The Labute approximate surface area is 369 Å². The first-order valence-corrected chi connectivity index (χ1v) is 21.9. The predicted octanol–water partition coefficient (Wildman–Crippen LogP) is 8.18. The molecule has 14 heteroatoms. The fourth-order valence-corrected chi connectivity index (χ4v) is 9.59. The Balaban J connectivity index is 1.38. The van der Waals surface area contributed by atoms with Crippen LogP contribution in [0.2, 0.25) is 0 Å². The zero-order valence-corrected chi connectivity index (χ0v) is 36.0. The molecule has 14 nitrogen and oxygen atoms in total. The van der Waals surface area contributed by atoms with Crippen LogP contribution in [0.4, 0.5) is 9.59 Å². The summed E-state index contributed by atoms with van der Waals surface area (Å²) in [5.74, 6) is -0.432. The van der Waals surface area contributed by atoms with E-state index in [1.54, 1.807) is 29.2 Å². The average Bonchev–Trinajstić information content (AvgIpc) is 3.77. The second kappa shape index (κ2) is 21.5. The van der Waals surface area contributed by atoms with Crippen molar-refractivity contribution in [3.63, 3.8) is 0 Å². The first-order chi connectivity index (χ1) is 30.8. The van der Waals surface area contributed by atoms with E-state index in [4.69, 9.17) is 33.3 Å². The van der Waals surface area contributed by atoms with Crippen LogP contribution in [-0.4, -0.2) is 85.2 Å². The lowest BCUT2D eigenvalue weighted by molar-refractivity contribution is -0.256. The van der Waals surface area contributed by atoms with Crippen LogP contribution < -0.4 is 24.3 Å². The van der Waals surface area contributed by atoms with E-state index in [0.717, 1.165) is 47.9 Å². The minimum Gasteiger partial charge on any atom is -0.459 e. The van der Waals surface area contributed by atoms with Gasteiger partial charge in [0.15, 0.2) is 11.5 Å². The number of ether oxygens (including phenoxy) is 6. The van der Waals surface area contributed by atoms with Gasteiger partial charge in [0.1, 0.15) is 24.7 Å². The Morgan fingerprint density at radius 2 is 1.71 bits per heavy atom. The number of carbonyl (C=O) groups is 2. The van der Waals surface area contributed by atoms with Gasteiger partial charge in [-0.2, -0.15) is 0 Å². The maximum atomic E-state index is 14.6. The minimum atomic E-state index is -1.53. The number of nitrogens with one attached hydrogen (secondary N) is 1. The Bertz CT molecular complexity index is 2130. The van der Waals surface area contributed by atoms with Crippen LogP contribution in [0.5, 0.6) is 23.0 Å². The van der Waals surface area contributed by atoms with Crippen LogP contribution in [0.15, 0.2) is 109 Å². The number of hydrogen-bond acceptors (Lipinski definition) is 12. The molecule has 0 saturated heterocycles. The number of aliphatic hydroxyl groups is 2. The highest BCUT2D eigenvalue weighted by atomic mass is 16.7. The molecule has 6 atom stereocenters. The maximum absolute atomic E-state index is 14.6. The van der Waals surface area contributed by atoms with E-state index in [0.29, 0.717) is 54.5 Å². The Morgan fingerprint density at radius 3 is 2.48 bits per heavy atom. The first kappa shape index (κ1) is 45.2. The Morgan fingerprint density at radius 1 is 0.937 bits per heavy atom. The van der Waals surface area contributed by atoms with Gasteiger partial charge >= 0.3 is 12.2 Å². The van der Waals surface area contributed by atoms with Gasteiger partial charge in [0.2, 0.25) is 12.6 Å². The summed E-state index contributed by atoms with van der Waals surface area (Å²) in [5, 5.41) is 27.3. The molecule has 2 heterocycles. The van der Waals surface area contributed by atoms with E-state index in [1.165, 1.54) is 7.11 Å². The molecule has 2 aliphatic carbocycles. The summed E-state index contributed by atoms with van der Waals surface area (Å²) in [5.41, 5.74) is 4.01. The maximum Gasteiger partial charge on any atom is 0.412 e. The molecule has 63 heavy (non-hydrogen) atoms. The summed E-state index contributed by atoms with van der Waals surface area (Å²) in [6.45, 7) is 8.62. The molecule has 1 fully saturated rings. The van der Waals surface area contributed by atoms with Crippen LogP contribution >= 0.6 is 0 Å². The van der Waals surface area contributed by atoms with Gasteiger partial charge in [-0.15, -0.1) is 13.2 Å². The van der Waals surface area contributed by atoms with Crippen LogP contribution in [0.1, 0.15) is 74.0 Å². The molecular weight excluding hydrogens is 807 g/mol. The van der Waals surface area contributed by atoms with E-state index in [1.807, 2.05) is 54.6 Å². The molecule has 0 radical (unpaired) electrons. The molecule has 4 aliphatic rings. The lowest BCUT2D eigenvalue weighted by Crippen LogP contribution is -2.70. The van der Waals surface area contributed by atoms with E-state index < -0.39 is 29.9 Å². The van der Waals surface area contributed by atoms with Gasteiger partial charge < -0.3 is 48.8 Å². The van der Waals surface area contributed by atoms with Gasteiger partial charge in [-0.3, -0.25) is 4.90 Å². The van der Waals surface area contributed by atoms with Gasteiger partial charge in [-0.25, -0.2) is 9.59 Å². The number of unbranched alkanes of at least 4 members (excludes halogenated alkanes) is 2. The summed E-state index contributed by atoms with van der Waals surface area (Å²) in [7, 11) is 1.50. The number of allylic oxidation sites excluding steroid dienone is 1.